The maximum absolute atomic E-state index is 13.2. The maximum Gasteiger partial charge on any atom is 0.241 e. The molecule has 8 heteroatoms. The first-order valence-corrected chi connectivity index (χ1v) is 8.51. The fourth-order valence-electron chi connectivity index (χ4n) is 1.63. The summed E-state index contributed by atoms with van der Waals surface area (Å²) in [7, 11) is -3.72. The van der Waals surface area contributed by atoms with Crippen molar-refractivity contribution in [3.63, 3.8) is 0 Å². The van der Waals surface area contributed by atoms with Crippen LogP contribution < -0.4 is 10.5 Å². The molecule has 1 aromatic carbocycles. The third-order valence-electron chi connectivity index (χ3n) is 2.72. The van der Waals surface area contributed by atoms with Crippen LogP contribution in [0.2, 0.25) is 0 Å². The summed E-state index contributed by atoms with van der Waals surface area (Å²) in [6.45, 7) is 0.436. The van der Waals surface area contributed by atoms with Gasteiger partial charge >= 0.3 is 0 Å². The molecule has 0 heterocycles. The first kappa shape index (κ1) is 17.4. The van der Waals surface area contributed by atoms with Gasteiger partial charge in [-0.25, -0.2) is 17.5 Å². The Labute approximate surface area is 126 Å². The molecule has 0 aliphatic carbocycles. The lowest BCUT2D eigenvalue weighted by atomic mass is 10.2. The van der Waals surface area contributed by atoms with E-state index in [4.69, 9.17) is 10.8 Å². The first-order chi connectivity index (χ1) is 9.38. The number of sulfonamides is 1. The van der Waals surface area contributed by atoms with Crippen molar-refractivity contribution >= 4 is 31.6 Å². The van der Waals surface area contributed by atoms with E-state index in [1.807, 2.05) is 0 Å². The van der Waals surface area contributed by atoms with Gasteiger partial charge in [0.05, 0.1) is 10.6 Å². The molecule has 0 atom stereocenters. The van der Waals surface area contributed by atoms with E-state index in [1.54, 1.807) is 0 Å². The molecule has 0 saturated heterocycles. The van der Waals surface area contributed by atoms with Crippen LogP contribution in [0.25, 0.3) is 0 Å². The number of benzene rings is 1. The van der Waals surface area contributed by atoms with Crippen LogP contribution >= 0.6 is 15.9 Å². The zero-order chi connectivity index (χ0) is 15.2. The molecule has 4 N–H and O–H groups in total. The van der Waals surface area contributed by atoms with Gasteiger partial charge in [0, 0.05) is 17.6 Å². The summed E-state index contributed by atoms with van der Waals surface area (Å²) in [6.07, 6.45) is 3.07. The van der Waals surface area contributed by atoms with E-state index in [2.05, 4.69) is 20.7 Å². The smallest absolute Gasteiger partial charge is 0.241 e. The summed E-state index contributed by atoms with van der Waals surface area (Å²) in [4.78, 5) is -0.0771. The monoisotopic (exact) mass is 368 g/mol. The summed E-state index contributed by atoms with van der Waals surface area (Å²) in [5, 5.41) is 8.62. The Hall–Kier alpha value is -0.700. The van der Waals surface area contributed by atoms with Crippen LogP contribution in [-0.2, 0) is 10.0 Å². The first-order valence-electron chi connectivity index (χ1n) is 6.23. The van der Waals surface area contributed by atoms with Crippen molar-refractivity contribution in [3.8, 4) is 0 Å². The summed E-state index contributed by atoms with van der Waals surface area (Å²) >= 11 is 3.02. The minimum absolute atomic E-state index is 0.0771. The van der Waals surface area contributed by atoms with Crippen molar-refractivity contribution in [2.75, 3.05) is 18.9 Å². The molecule has 5 nitrogen and oxygen atoms in total. The molecular weight excluding hydrogens is 351 g/mol. The van der Waals surface area contributed by atoms with Crippen LogP contribution in [0.15, 0.2) is 21.5 Å². The third kappa shape index (κ3) is 5.01. The molecule has 0 radical (unpaired) electrons. The Morgan fingerprint density at radius 2 is 1.90 bits per heavy atom. The predicted octanol–water partition coefficient (Wildman–Crippen LogP) is 2.00. The molecule has 0 fully saturated rings. The van der Waals surface area contributed by atoms with Crippen LogP contribution in [0, 0.1) is 5.82 Å². The second-order valence-electron chi connectivity index (χ2n) is 4.34. The number of anilines is 1. The second-order valence-corrected chi connectivity index (χ2v) is 6.93. The highest BCUT2D eigenvalue weighted by molar-refractivity contribution is 9.10. The number of unbranched alkanes of at least 4 members (excludes halogenated alkanes) is 3. The number of rotatable bonds is 8. The summed E-state index contributed by atoms with van der Waals surface area (Å²) < 4.78 is 39.9. The van der Waals surface area contributed by atoms with E-state index in [0.717, 1.165) is 25.0 Å². The quantitative estimate of drug-likeness (QED) is 0.483. The summed E-state index contributed by atoms with van der Waals surface area (Å²) in [6, 6.07) is 2.12. The molecule has 0 aliphatic rings. The van der Waals surface area contributed by atoms with E-state index < -0.39 is 15.8 Å². The lowest BCUT2D eigenvalue weighted by Gasteiger charge is -2.09. The van der Waals surface area contributed by atoms with Gasteiger partial charge in [-0.3, -0.25) is 0 Å². The van der Waals surface area contributed by atoms with Gasteiger partial charge in [-0.2, -0.15) is 0 Å². The van der Waals surface area contributed by atoms with Crippen molar-refractivity contribution in [1.29, 1.82) is 0 Å². The number of aliphatic hydroxyl groups is 1. The van der Waals surface area contributed by atoms with Crippen LogP contribution in [0.1, 0.15) is 25.7 Å². The third-order valence-corrected chi connectivity index (χ3v) is 5.14. The van der Waals surface area contributed by atoms with Gasteiger partial charge in [0.1, 0.15) is 5.82 Å². The molecule has 1 rings (SSSR count). The molecule has 0 bridgehead atoms. The maximum atomic E-state index is 13.2. The Kier molecular flexibility index (Phi) is 6.87. The molecule has 0 unspecified atom stereocenters. The fourth-order valence-corrected chi connectivity index (χ4v) is 3.75. The number of nitrogens with one attached hydrogen (secondary N) is 1. The standard InChI is InChI=1S/C12H18BrFN2O3S/c13-9-7-10(14)11(15)8-12(9)20(18,19)16-5-3-1-2-4-6-17/h7-8,16-17H,1-6,15H2. The Morgan fingerprint density at radius 3 is 2.55 bits per heavy atom. The van der Waals surface area contributed by atoms with Crippen LogP contribution in [0.4, 0.5) is 10.1 Å². The highest BCUT2D eigenvalue weighted by Gasteiger charge is 2.19. The summed E-state index contributed by atoms with van der Waals surface area (Å²) in [5.74, 6) is -0.667. The van der Waals surface area contributed by atoms with E-state index in [0.29, 0.717) is 12.8 Å². The van der Waals surface area contributed by atoms with Crippen molar-refractivity contribution in [1.82, 2.24) is 4.72 Å². The van der Waals surface area contributed by atoms with E-state index in [-0.39, 0.29) is 28.2 Å². The second kappa shape index (κ2) is 7.92. The average Bonchev–Trinajstić information content (AvgIpc) is 2.37. The lowest BCUT2D eigenvalue weighted by Crippen LogP contribution is -2.25. The molecule has 0 spiro atoms. The lowest BCUT2D eigenvalue weighted by molar-refractivity contribution is 0.282. The number of hydrogen-bond acceptors (Lipinski definition) is 4. The Bertz CT molecular complexity index is 552. The molecule has 0 aliphatic heterocycles. The predicted molar refractivity (Wildman–Crippen MR) is 79.3 cm³/mol. The van der Waals surface area contributed by atoms with Gasteiger partial charge < -0.3 is 10.8 Å². The van der Waals surface area contributed by atoms with E-state index in [9.17, 15) is 12.8 Å². The molecule has 0 amide bonds. The number of hydrogen-bond donors (Lipinski definition) is 3. The van der Waals surface area contributed by atoms with Crippen LogP contribution in [0.3, 0.4) is 0 Å². The van der Waals surface area contributed by atoms with Crippen molar-refractivity contribution < 1.29 is 17.9 Å². The normalized spacial score (nSPS) is 11.8. The number of nitrogen functional groups attached to an aromatic ring is 1. The molecular formula is C12H18BrFN2O3S. The number of halogens is 2. The molecule has 0 aromatic heterocycles. The van der Waals surface area contributed by atoms with Crippen LogP contribution in [-0.4, -0.2) is 26.7 Å². The van der Waals surface area contributed by atoms with Crippen molar-refractivity contribution in [3.05, 3.63) is 22.4 Å². The fraction of sp³-hybridized carbons (Fsp3) is 0.500. The minimum atomic E-state index is -3.72. The zero-order valence-electron chi connectivity index (χ0n) is 10.9. The van der Waals surface area contributed by atoms with Gasteiger partial charge in [-0.15, -0.1) is 0 Å². The topological polar surface area (TPSA) is 92.4 Å². The average molecular weight is 369 g/mol. The molecule has 20 heavy (non-hydrogen) atoms. The number of nitrogens with two attached hydrogens (primary N) is 1. The highest BCUT2D eigenvalue weighted by Crippen LogP contribution is 2.26. The minimum Gasteiger partial charge on any atom is -0.396 e. The number of aliphatic hydroxyl groups excluding tert-OH is 1. The molecule has 0 saturated carbocycles. The molecule has 1 aromatic rings. The Balaban J connectivity index is 2.63. The van der Waals surface area contributed by atoms with Gasteiger partial charge in [0.25, 0.3) is 0 Å². The van der Waals surface area contributed by atoms with Crippen LogP contribution in [0.5, 0.6) is 0 Å². The SMILES string of the molecule is Nc1cc(S(=O)(=O)NCCCCCCO)c(Br)cc1F. The largest absolute Gasteiger partial charge is 0.396 e. The van der Waals surface area contributed by atoms with Crippen molar-refractivity contribution in [2.45, 2.75) is 30.6 Å². The van der Waals surface area contributed by atoms with E-state index >= 15 is 0 Å². The van der Waals surface area contributed by atoms with Gasteiger partial charge in [0.15, 0.2) is 0 Å². The summed E-state index contributed by atoms with van der Waals surface area (Å²) in [5.41, 5.74) is 5.17. The van der Waals surface area contributed by atoms with E-state index in [1.165, 1.54) is 0 Å². The Morgan fingerprint density at radius 1 is 1.25 bits per heavy atom. The zero-order valence-corrected chi connectivity index (χ0v) is 13.3. The van der Waals surface area contributed by atoms with Crippen molar-refractivity contribution in [2.24, 2.45) is 0 Å². The van der Waals surface area contributed by atoms with Gasteiger partial charge in [-0.1, -0.05) is 12.8 Å². The van der Waals surface area contributed by atoms with Gasteiger partial charge in [0.2, 0.25) is 10.0 Å². The molecule has 114 valence electrons. The highest BCUT2D eigenvalue weighted by atomic mass is 79.9. The van der Waals surface area contributed by atoms with Gasteiger partial charge in [-0.05, 0) is 40.9 Å².